The third kappa shape index (κ3) is 5.52. The summed E-state index contributed by atoms with van der Waals surface area (Å²) in [4.78, 5) is 36.8. The highest BCUT2D eigenvalue weighted by Crippen LogP contribution is 1.94. The summed E-state index contributed by atoms with van der Waals surface area (Å²) in [5.74, 6) is -1.85. The molecular weight excluding hydrogens is 256 g/mol. The number of rotatable bonds is 6. The van der Waals surface area contributed by atoms with Gasteiger partial charge in [-0.05, 0) is 0 Å². The molecule has 102 valence electrons. The Balaban J connectivity index is 2.15. The van der Waals surface area contributed by atoms with Gasteiger partial charge in [-0.3, -0.25) is 4.79 Å². The van der Waals surface area contributed by atoms with E-state index in [1.54, 1.807) is 0 Å². The molecule has 0 radical (unpaired) electrons. The molecule has 0 saturated carbocycles. The van der Waals surface area contributed by atoms with Crippen LogP contribution in [0.1, 0.15) is 0 Å². The molecule has 0 aromatic heterocycles. The Morgan fingerprint density at radius 3 is 2.68 bits per heavy atom. The minimum absolute atomic E-state index is 0.00286. The Kier molecular flexibility index (Phi) is 5.86. The van der Waals surface area contributed by atoms with Crippen molar-refractivity contribution in [1.82, 2.24) is 5.32 Å². The summed E-state index contributed by atoms with van der Waals surface area (Å²) in [6, 6.07) is 0. The Bertz CT molecular complexity index is 455. The molecule has 19 heavy (non-hydrogen) atoms. The van der Waals surface area contributed by atoms with Gasteiger partial charge < -0.3 is 14.8 Å². The lowest BCUT2D eigenvalue weighted by Gasteiger charge is -2.03. The van der Waals surface area contributed by atoms with E-state index in [2.05, 4.69) is 25.3 Å². The van der Waals surface area contributed by atoms with E-state index in [0.29, 0.717) is 0 Å². The molecule has 0 bridgehead atoms. The summed E-state index contributed by atoms with van der Waals surface area (Å²) in [7, 11) is 1.19. The fraction of sp³-hybridized carbons (Fsp3) is 0.400. The van der Waals surface area contributed by atoms with Crippen molar-refractivity contribution in [3.05, 3.63) is 12.2 Å². The van der Waals surface area contributed by atoms with E-state index in [0.717, 1.165) is 12.2 Å². The molecule has 0 spiro atoms. The predicted molar refractivity (Wildman–Crippen MR) is 62.3 cm³/mol. The zero-order valence-corrected chi connectivity index (χ0v) is 10.2. The lowest BCUT2D eigenvalue weighted by molar-refractivity contribution is -0.139. The van der Waals surface area contributed by atoms with Crippen molar-refractivity contribution >= 4 is 23.7 Å². The van der Waals surface area contributed by atoms with E-state index in [4.69, 9.17) is 4.74 Å². The molecule has 0 saturated heterocycles. The topological polar surface area (TPSA) is 119 Å². The average molecular weight is 268 g/mol. The molecule has 0 aliphatic carbocycles. The monoisotopic (exact) mass is 268 g/mol. The average Bonchev–Trinajstić information content (AvgIpc) is 2.94. The van der Waals surface area contributed by atoms with Crippen LogP contribution in [0.3, 0.4) is 0 Å². The van der Waals surface area contributed by atoms with Crippen LogP contribution in [-0.4, -0.2) is 50.6 Å². The number of carbonyl (C=O) groups is 3. The number of hydrogen-bond donors (Lipinski definition) is 1. The SMILES string of the molecule is COC(=O)/C=C/C(=O)OCCNC(=O)C1=NCN=N1. The highest BCUT2D eigenvalue weighted by Gasteiger charge is 2.12. The van der Waals surface area contributed by atoms with Crippen LogP contribution in [0.2, 0.25) is 0 Å². The molecule has 1 N–H and O–H groups in total. The lowest BCUT2D eigenvalue weighted by atomic mass is 10.5. The van der Waals surface area contributed by atoms with E-state index >= 15 is 0 Å². The molecule has 1 amide bonds. The van der Waals surface area contributed by atoms with Gasteiger partial charge in [-0.15, -0.1) is 5.11 Å². The Morgan fingerprint density at radius 1 is 1.32 bits per heavy atom. The molecule has 0 aromatic carbocycles. The molecule has 9 nitrogen and oxygen atoms in total. The fourth-order valence-electron chi connectivity index (χ4n) is 0.994. The maximum Gasteiger partial charge on any atom is 0.331 e. The van der Waals surface area contributed by atoms with E-state index in [1.807, 2.05) is 0 Å². The van der Waals surface area contributed by atoms with Gasteiger partial charge in [0, 0.05) is 12.2 Å². The highest BCUT2D eigenvalue weighted by molar-refractivity contribution is 6.38. The third-order valence-corrected chi connectivity index (χ3v) is 1.84. The normalized spacial score (nSPS) is 13.2. The van der Waals surface area contributed by atoms with Gasteiger partial charge in [0.2, 0.25) is 5.84 Å². The summed E-state index contributed by atoms with van der Waals surface area (Å²) in [5, 5.41) is 9.45. The molecule has 0 atom stereocenters. The fourth-order valence-corrected chi connectivity index (χ4v) is 0.994. The minimum atomic E-state index is -0.711. The Labute approximate surface area is 108 Å². The number of amides is 1. The van der Waals surface area contributed by atoms with Crippen molar-refractivity contribution < 1.29 is 23.9 Å². The van der Waals surface area contributed by atoms with Crippen molar-refractivity contribution in [1.29, 1.82) is 0 Å². The largest absolute Gasteiger partial charge is 0.466 e. The maximum atomic E-state index is 11.3. The minimum Gasteiger partial charge on any atom is -0.466 e. The number of hydrogen-bond acceptors (Lipinski definition) is 8. The summed E-state index contributed by atoms with van der Waals surface area (Å²) in [5.41, 5.74) is 0. The van der Waals surface area contributed by atoms with E-state index in [9.17, 15) is 14.4 Å². The van der Waals surface area contributed by atoms with Gasteiger partial charge in [-0.2, -0.15) is 5.11 Å². The van der Waals surface area contributed by atoms with Crippen molar-refractivity contribution in [2.45, 2.75) is 0 Å². The number of carbonyl (C=O) groups excluding carboxylic acids is 3. The third-order valence-electron chi connectivity index (χ3n) is 1.84. The van der Waals surface area contributed by atoms with Gasteiger partial charge in [0.1, 0.15) is 6.61 Å². The first-order valence-electron chi connectivity index (χ1n) is 5.26. The van der Waals surface area contributed by atoms with E-state index < -0.39 is 17.8 Å². The van der Waals surface area contributed by atoms with Crippen molar-refractivity contribution in [3.63, 3.8) is 0 Å². The molecule has 1 aliphatic rings. The number of nitrogens with zero attached hydrogens (tertiary/aromatic N) is 3. The first-order chi connectivity index (χ1) is 9.13. The second-order valence-electron chi connectivity index (χ2n) is 3.14. The molecule has 0 aromatic rings. The molecule has 1 aliphatic heterocycles. The summed E-state index contributed by atoms with van der Waals surface area (Å²) < 4.78 is 9.00. The van der Waals surface area contributed by atoms with Crippen LogP contribution in [0.5, 0.6) is 0 Å². The predicted octanol–water partition coefficient (Wildman–Crippen LogP) is -0.803. The van der Waals surface area contributed by atoms with Crippen molar-refractivity contribution in [3.8, 4) is 0 Å². The standard InChI is InChI=1S/C10H12N4O5/c1-18-7(15)2-3-8(16)19-5-4-11-10(17)9-12-6-13-14-9/h2-3H,4-6H2,1H3,(H,11,17)/b3-2+. The lowest BCUT2D eigenvalue weighted by Crippen LogP contribution is -2.32. The quantitative estimate of drug-likeness (QED) is 0.384. The second kappa shape index (κ2) is 7.69. The number of ether oxygens (including phenoxy) is 2. The number of aliphatic imine (C=N–C) groups is 1. The van der Waals surface area contributed by atoms with Crippen molar-refractivity contribution in [2.24, 2.45) is 15.2 Å². The molecule has 0 unspecified atom stereocenters. The van der Waals surface area contributed by atoms with Crippen LogP contribution in [-0.2, 0) is 23.9 Å². The number of azo groups is 1. The maximum absolute atomic E-state index is 11.3. The first-order valence-corrected chi connectivity index (χ1v) is 5.26. The van der Waals surface area contributed by atoms with Crippen LogP contribution < -0.4 is 5.32 Å². The Morgan fingerprint density at radius 2 is 2.05 bits per heavy atom. The second-order valence-corrected chi connectivity index (χ2v) is 3.14. The van der Waals surface area contributed by atoms with Gasteiger partial charge in [0.05, 0.1) is 13.7 Å². The van der Waals surface area contributed by atoms with Crippen LogP contribution in [0.15, 0.2) is 27.4 Å². The van der Waals surface area contributed by atoms with Gasteiger partial charge in [-0.25, -0.2) is 14.6 Å². The number of esters is 2. The Hall–Kier alpha value is -2.58. The molecule has 1 rings (SSSR count). The summed E-state index contributed by atoms with van der Waals surface area (Å²) in [6.45, 7) is 0.210. The molecule has 1 heterocycles. The van der Waals surface area contributed by atoms with Crippen molar-refractivity contribution in [2.75, 3.05) is 26.9 Å². The van der Waals surface area contributed by atoms with Gasteiger partial charge >= 0.3 is 11.9 Å². The summed E-state index contributed by atoms with van der Waals surface area (Å²) >= 11 is 0. The van der Waals surface area contributed by atoms with Crippen LogP contribution in [0.4, 0.5) is 0 Å². The zero-order chi connectivity index (χ0) is 14.1. The van der Waals surface area contributed by atoms with Gasteiger partial charge in [0.15, 0.2) is 6.67 Å². The number of methoxy groups -OCH3 is 1. The van der Waals surface area contributed by atoms with E-state index in [1.165, 1.54) is 7.11 Å². The number of amidine groups is 1. The van der Waals surface area contributed by atoms with E-state index in [-0.39, 0.29) is 25.7 Å². The van der Waals surface area contributed by atoms with Crippen LogP contribution >= 0.6 is 0 Å². The first kappa shape index (κ1) is 14.5. The van der Waals surface area contributed by atoms with Crippen LogP contribution in [0.25, 0.3) is 0 Å². The summed E-state index contributed by atoms with van der Waals surface area (Å²) in [6.07, 6.45) is 1.87. The smallest absolute Gasteiger partial charge is 0.331 e. The zero-order valence-electron chi connectivity index (χ0n) is 10.2. The molecular formula is C10H12N4O5. The molecule has 0 fully saturated rings. The highest BCUT2D eigenvalue weighted by atomic mass is 16.5. The van der Waals surface area contributed by atoms with Gasteiger partial charge in [0.25, 0.3) is 5.91 Å². The van der Waals surface area contributed by atoms with Crippen LogP contribution in [0, 0.1) is 0 Å². The number of nitrogens with one attached hydrogen (secondary N) is 1. The molecule has 9 heteroatoms. The van der Waals surface area contributed by atoms with Gasteiger partial charge in [-0.1, -0.05) is 0 Å².